The number of hydrogen-bond acceptors (Lipinski definition) is 6. The molecule has 1 aromatic carbocycles. The fraction of sp³-hybridized carbons (Fsp3) is 0.409. The predicted octanol–water partition coefficient (Wildman–Crippen LogP) is 4.10. The fourth-order valence-electron chi connectivity index (χ4n) is 3.36. The van der Waals surface area contributed by atoms with Crippen LogP contribution in [0.2, 0.25) is 0 Å². The van der Waals surface area contributed by atoms with Gasteiger partial charge in [0.05, 0.1) is 24.1 Å². The first kappa shape index (κ1) is 19.6. The number of fused-ring (bicyclic) bond motifs is 1. The number of ether oxygens (including phenoxy) is 2. The van der Waals surface area contributed by atoms with Crippen LogP contribution in [0.3, 0.4) is 0 Å². The first-order chi connectivity index (χ1) is 14.1. The Morgan fingerprint density at radius 2 is 1.97 bits per heavy atom. The average molecular weight is 413 g/mol. The number of rotatable bonds is 6. The number of methoxy groups -OCH3 is 1. The van der Waals surface area contributed by atoms with Crippen molar-refractivity contribution in [3.8, 4) is 11.5 Å². The Labute approximate surface area is 173 Å². The number of hydrazone groups is 1. The quantitative estimate of drug-likeness (QED) is 0.255. The second-order valence-electron chi connectivity index (χ2n) is 7.42. The average Bonchev–Trinajstić information content (AvgIpc) is 3.53. The van der Waals surface area contributed by atoms with Gasteiger partial charge in [-0.2, -0.15) is 5.10 Å². The molecule has 1 saturated carbocycles. The Morgan fingerprint density at radius 1 is 1.14 bits per heavy atom. The summed E-state index contributed by atoms with van der Waals surface area (Å²) in [6, 6.07) is 7.17. The number of aryl methyl sites for hydroxylation is 2. The van der Waals surface area contributed by atoms with Crippen LogP contribution in [-0.4, -0.2) is 25.2 Å². The summed E-state index contributed by atoms with van der Waals surface area (Å²) in [7, 11) is 1.52. The molecule has 4 rings (SSSR count). The standard InChI is InChI=1S/C22H24N2O4S/c1-27-18-11-14(7-10-17(18)28-22(26)15-8-9-15)13-23-24-21(25)20-12-16-5-3-2-4-6-19(16)29-20/h7,10-13,15H,2-6,8-9H2,1H3,(H,24,25)/b23-13-. The minimum Gasteiger partial charge on any atom is -0.493 e. The zero-order valence-electron chi connectivity index (χ0n) is 16.4. The molecular formula is C22H24N2O4S. The molecule has 0 spiro atoms. The van der Waals surface area contributed by atoms with Gasteiger partial charge < -0.3 is 9.47 Å². The van der Waals surface area contributed by atoms with Crippen LogP contribution in [0.15, 0.2) is 29.4 Å². The maximum atomic E-state index is 12.4. The van der Waals surface area contributed by atoms with Gasteiger partial charge in [0, 0.05) is 4.88 Å². The van der Waals surface area contributed by atoms with Crippen LogP contribution >= 0.6 is 11.3 Å². The number of nitrogens with zero attached hydrogens (tertiary/aromatic N) is 1. The number of carbonyl (C=O) groups is 2. The smallest absolute Gasteiger partial charge is 0.314 e. The Morgan fingerprint density at radius 3 is 2.76 bits per heavy atom. The summed E-state index contributed by atoms with van der Waals surface area (Å²) in [6.07, 6.45) is 9.09. The van der Waals surface area contributed by atoms with Gasteiger partial charge in [-0.1, -0.05) is 6.42 Å². The van der Waals surface area contributed by atoms with Crippen molar-refractivity contribution in [2.45, 2.75) is 44.9 Å². The van der Waals surface area contributed by atoms with Crippen molar-refractivity contribution >= 4 is 29.4 Å². The van der Waals surface area contributed by atoms with E-state index in [9.17, 15) is 9.59 Å². The van der Waals surface area contributed by atoms with Crippen LogP contribution in [0, 0.1) is 5.92 Å². The Kier molecular flexibility index (Phi) is 5.94. The molecule has 1 N–H and O–H groups in total. The predicted molar refractivity (Wildman–Crippen MR) is 112 cm³/mol. The van der Waals surface area contributed by atoms with Crippen LogP contribution in [0.5, 0.6) is 11.5 Å². The lowest BCUT2D eigenvalue weighted by molar-refractivity contribution is -0.135. The largest absolute Gasteiger partial charge is 0.493 e. The van der Waals surface area contributed by atoms with Crippen LogP contribution in [0.1, 0.15) is 57.8 Å². The van der Waals surface area contributed by atoms with Gasteiger partial charge in [-0.25, -0.2) is 5.43 Å². The molecule has 6 nitrogen and oxygen atoms in total. The van der Waals surface area contributed by atoms with Gasteiger partial charge in [-0.05, 0) is 73.9 Å². The van der Waals surface area contributed by atoms with E-state index in [-0.39, 0.29) is 17.8 Å². The molecule has 0 unspecified atom stereocenters. The third kappa shape index (κ3) is 4.85. The van der Waals surface area contributed by atoms with E-state index in [4.69, 9.17) is 9.47 Å². The number of thiophene rings is 1. The summed E-state index contributed by atoms with van der Waals surface area (Å²) >= 11 is 1.57. The number of hydrogen-bond donors (Lipinski definition) is 1. The number of amides is 1. The van der Waals surface area contributed by atoms with Gasteiger partial charge in [-0.3, -0.25) is 9.59 Å². The molecule has 2 aliphatic carbocycles. The zero-order chi connectivity index (χ0) is 20.2. The van der Waals surface area contributed by atoms with Crippen LogP contribution in [-0.2, 0) is 17.6 Å². The molecule has 0 atom stereocenters. The molecule has 2 aromatic rings. The van der Waals surface area contributed by atoms with Crippen molar-refractivity contribution in [3.63, 3.8) is 0 Å². The second kappa shape index (κ2) is 8.78. The Bertz CT molecular complexity index is 923. The molecule has 0 saturated heterocycles. The summed E-state index contributed by atoms with van der Waals surface area (Å²) in [5.74, 6) is 0.456. The maximum absolute atomic E-state index is 12.4. The van der Waals surface area contributed by atoms with Crippen molar-refractivity contribution < 1.29 is 19.1 Å². The van der Waals surface area contributed by atoms with Crippen LogP contribution in [0.4, 0.5) is 0 Å². The maximum Gasteiger partial charge on any atom is 0.314 e. The fourth-order valence-corrected chi connectivity index (χ4v) is 4.50. The molecule has 1 aromatic heterocycles. The lowest BCUT2D eigenvalue weighted by Gasteiger charge is -2.09. The van der Waals surface area contributed by atoms with E-state index in [1.807, 2.05) is 6.07 Å². The Balaban J connectivity index is 1.38. The van der Waals surface area contributed by atoms with Crippen molar-refractivity contribution in [1.29, 1.82) is 0 Å². The van der Waals surface area contributed by atoms with Crippen molar-refractivity contribution in [3.05, 3.63) is 45.1 Å². The molecule has 0 aliphatic heterocycles. The van der Waals surface area contributed by atoms with Gasteiger partial charge in [-0.15, -0.1) is 11.3 Å². The van der Waals surface area contributed by atoms with E-state index in [0.29, 0.717) is 16.4 Å². The van der Waals surface area contributed by atoms with Gasteiger partial charge in [0.25, 0.3) is 5.91 Å². The van der Waals surface area contributed by atoms with Crippen LogP contribution in [0.25, 0.3) is 0 Å². The molecule has 152 valence electrons. The molecule has 7 heteroatoms. The van der Waals surface area contributed by atoms with E-state index >= 15 is 0 Å². The van der Waals surface area contributed by atoms with E-state index in [1.54, 1.807) is 35.8 Å². The van der Waals surface area contributed by atoms with Gasteiger partial charge >= 0.3 is 5.97 Å². The third-order valence-corrected chi connectivity index (χ3v) is 6.39. The second-order valence-corrected chi connectivity index (χ2v) is 8.56. The molecule has 2 aliphatic rings. The summed E-state index contributed by atoms with van der Waals surface area (Å²) in [4.78, 5) is 26.3. The minimum atomic E-state index is -0.216. The zero-order valence-corrected chi connectivity index (χ0v) is 17.2. The summed E-state index contributed by atoms with van der Waals surface area (Å²) in [5, 5.41) is 4.07. The topological polar surface area (TPSA) is 77.0 Å². The van der Waals surface area contributed by atoms with Crippen LogP contribution < -0.4 is 14.9 Å². The number of esters is 1. The highest BCUT2D eigenvalue weighted by Gasteiger charge is 2.32. The monoisotopic (exact) mass is 412 g/mol. The SMILES string of the molecule is COc1cc(/C=N\NC(=O)c2cc3c(s2)CCCCC3)ccc1OC(=O)C1CC1. The van der Waals surface area contributed by atoms with Gasteiger partial charge in [0.15, 0.2) is 11.5 Å². The number of carbonyl (C=O) groups excluding carboxylic acids is 2. The summed E-state index contributed by atoms with van der Waals surface area (Å²) in [6.45, 7) is 0. The highest BCUT2D eigenvalue weighted by molar-refractivity contribution is 7.14. The van der Waals surface area contributed by atoms with E-state index < -0.39 is 0 Å². The number of benzene rings is 1. The minimum absolute atomic E-state index is 0.0171. The van der Waals surface area contributed by atoms with E-state index in [1.165, 1.54) is 36.8 Å². The molecule has 1 amide bonds. The Hall–Kier alpha value is -2.67. The third-order valence-electron chi connectivity index (χ3n) is 5.16. The molecular weight excluding hydrogens is 388 g/mol. The highest BCUT2D eigenvalue weighted by atomic mass is 32.1. The van der Waals surface area contributed by atoms with Crippen molar-refractivity contribution in [2.24, 2.45) is 11.0 Å². The van der Waals surface area contributed by atoms with E-state index in [2.05, 4.69) is 10.5 Å². The molecule has 29 heavy (non-hydrogen) atoms. The number of nitrogens with one attached hydrogen (secondary N) is 1. The lowest BCUT2D eigenvalue weighted by atomic mass is 10.1. The molecule has 1 heterocycles. The van der Waals surface area contributed by atoms with Crippen molar-refractivity contribution in [2.75, 3.05) is 7.11 Å². The highest BCUT2D eigenvalue weighted by Crippen LogP contribution is 2.34. The lowest BCUT2D eigenvalue weighted by Crippen LogP contribution is -2.16. The first-order valence-electron chi connectivity index (χ1n) is 9.99. The van der Waals surface area contributed by atoms with Crippen molar-refractivity contribution in [1.82, 2.24) is 5.43 Å². The van der Waals surface area contributed by atoms with Gasteiger partial charge in [0.1, 0.15) is 0 Å². The first-order valence-corrected chi connectivity index (χ1v) is 10.8. The molecule has 1 fully saturated rings. The van der Waals surface area contributed by atoms with Gasteiger partial charge in [0.2, 0.25) is 0 Å². The summed E-state index contributed by atoms with van der Waals surface area (Å²) in [5.41, 5.74) is 4.63. The van der Waals surface area contributed by atoms with E-state index in [0.717, 1.165) is 31.2 Å². The normalized spacial score (nSPS) is 16.2. The molecule has 0 bridgehead atoms. The molecule has 0 radical (unpaired) electrons. The summed E-state index contributed by atoms with van der Waals surface area (Å²) < 4.78 is 10.7.